The van der Waals surface area contributed by atoms with Crippen molar-refractivity contribution in [2.75, 3.05) is 13.1 Å². The highest BCUT2D eigenvalue weighted by atomic mass is 19.3. The molecule has 0 aliphatic carbocycles. The lowest BCUT2D eigenvalue weighted by atomic mass is 10.0. The number of aryl methyl sites for hydroxylation is 2. The van der Waals surface area contributed by atoms with Crippen molar-refractivity contribution in [3.8, 4) is 23.3 Å². The fraction of sp³-hybridized carbons (Fsp3) is 0.333. The largest absolute Gasteiger partial charge is 0.346 e. The summed E-state index contributed by atoms with van der Waals surface area (Å²) < 4.78 is 28.6. The Morgan fingerprint density at radius 2 is 2.03 bits per heavy atom. The van der Waals surface area contributed by atoms with Crippen molar-refractivity contribution in [2.24, 2.45) is 7.05 Å². The molecule has 2 amide bonds. The molecule has 154 valence electrons. The van der Waals surface area contributed by atoms with E-state index in [9.17, 15) is 18.4 Å². The van der Waals surface area contributed by atoms with Crippen LogP contribution >= 0.6 is 0 Å². The van der Waals surface area contributed by atoms with Crippen LogP contribution in [-0.2, 0) is 11.8 Å². The average Bonchev–Trinajstić information content (AvgIpc) is 3.24. The van der Waals surface area contributed by atoms with Gasteiger partial charge in [0, 0.05) is 25.2 Å². The molecule has 30 heavy (non-hydrogen) atoms. The van der Waals surface area contributed by atoms with Gasteiger partial charge in [-0.25, -0.2) is 8.78 Å². The maximum atomic E-state index is 13.5. The quantitative estimate of drug-likeness (QED) is 0.834. The van der Waals surface area contributed by atoms with Crippen LogP contribution in [0.2, 0.25) is 0 Å². The van der Waals surface area contributed by atoms with Gasteiger partial charge in [0.05, 0.1) is 30.8 Å². The summed E-state index contributed by atoms with van der Waals surface area (Å²) in [6, 6.07) is 9.45. The number of aromatic nitrogens is 1. The number of amides is 2. The Labute approximate surface area is 172 Å². The summed E-state index contributed by atoms with van der Waals surface area (Å²) in [6.07, 6.45) is 1.05. The molecule has 1 aliphatic rings. The Balaban J connectivity index is 1.71. The van der Waals surface area contributed by atoms with Crippen LogP contribution in [0.4, 0.5) is 8.78 Å². The molecule has 1 aromatic heterocycles. The van der Waals surface area contributed by atoms with E-state index in [-0.39, 0.29) is 5.69 Å². The third-order valence-electron chi connectivity index (χ3n) is 5.04. The van der Waals surface area contributed by atoms with Crippen LogP contribution in [0.3, 0.4) is 0 Å². The van der Waals surface area contributed by atoms with Gasteiger partial charge in [0.1, 0.15) is 11.7 Å². The number of halogens is 2. The maximum absolute atomic E-state index is 13.5. The van der Waals surface area contributed by atoms with Crippen molar-refractivity contribution in [1.29, 1.82) is 10.5 Å². The molecule has 1 saturated heterocycles. The number of carbonyl (C=O) groups excluding carboxylic acids is 2. The van der Waals surface area contributed by atoms with Gasteiger partial charge in [-0.15, -0.1) is 0 Å². The van der Waals surface area contributed by atoms with E-state index < -0.39 is 43.3 Å². The fourth-order valence-corrected chi connectivity index (χ4v) is 3.54. The predicted molar refractivity (Wildman–Crippen MR) is 103 cm³/mol. The van der Waals surface area contributed by atoms with Crippen molar-refractivity contribution >= 4 is 11.8 Å². The Hall–Kier alpha value is -3.72. The van der Waals surface area contributed by atoms with Crippen LogP contribution in [0.25, 0.3) is 11.1 Å². The molecule has 1 atom stereocenters. The monoisotopic (exact) mass is 411 g/mol. The molecule has 7 nitrogen and oxygen atoms in total. The number of rotatable bonds is 4. The van der Waals surface area contributed by atoms with Gasteiger partial charge in [-0.05, 0) is 36.2 Å². The minimum absolute atomic E-state index is 0.283. The van der Waals surface area contributed by atoms with Crippen LogP contribution in [-0.4, -0.2) is 46.3 Å². The highest BCUT2D eigenvalue weighted by Gasteiger charge is 2.47. The minimum atomic E-state index is -3.11. The van der Waals surface area contributed by atoms with Gasteiger partial charge in [-0.3, -0.25) is 9.59 Å². The molecule has 1 aliphatic heterocycles. The number of alkyl halides is 2. The average molecular weight is 411 g/mol. The van der Waals surface area contributed by atoms with Crippen LogP contribution in [0.1, 0.15) is 28.0 Å². The molecular weight excluding hydrogens is 392 g/mol. The zero-order chi connectivity index (χ0) is 22.1. The second-order valence-electron chi connectivity index (χ2n) is 7.28. The van der Waals surface area contributed by atoms with Crippen molar-refractivity contribution < 1.29 is 18.4 Å². The molecule has 1 aromatic carbocycles. The van der Waals surface area contributed by atoms with E-state index in [0.29, 0.717) is 5.56 Å². The molecule has 2 heterocycles. The van der Waals surface area contributed by atoms with Crippen LogP contribution in [0, 0.1) is 29.6 Å². The van der Waals surface area contributed by atoms with E-state index in [1.165, 1.54) is 0 Å². The Morgan fingerprint density at radius 3 is 2.67 bits per heavy atom. The van der Waals surface area contributed by atoms with E-state index in [4.69, 9.17) is 10.5 Å². The topological polar surface area (TPSA) is 102 Å². The Morgan fingerprint density at radius 1 is 1.30 bits per heavy atom. The molecule has 0 bridgehead atoms. The first-order chi connectivity index (χ1) is 14.1. The van der Waals surface area contributed by atoms with E-state index in [2.05, 4.69) is 11.4 Å². The Kier molecular flexibility index (Phi) is 5.57. The van der Waals surface area contributed by atoms with Gasteiger partial charge in [0.15, 0.2) is 0 Å². The van der Waals surface area contributed by atoms with Crippen molar-refractivity contribution in [1.82, 2.24) is 14.8 Å². The van der Waals surface area contributed by atoms with E-state index >= 15 is 0 Å². The van der Waals surface area contributed by atoms with Gasteiger partial charge in [-0.1, -0.05) is 6.07 Å². The maximum Gasteiger partial charge on any atom is 0.268 e. The summed E-state index contributed by atoms with van der Waals surface area (Å²) in [5, 5.41) is 20.4. The summed E-state index contributed by atoms with van der Waals surface area (Å²) in [7, 11) is 1.67. The number of nitriles is 2. The number of nitrogens with one attached hydrogen (secondary N) is 1. The number of benzene rings is 1. The fourth-order valence-electron chi connectivity index (χ4n) is 3.54. The van der Waals surface area contributed by atoms with Gasteiger partial charge >= 0.3 is 0 Å². The highest BCUT2D eigenvalue weighted by Crippen LogP contribution is 2.31. The lowest BCUT2D eigenvalue weighted by Crippen LogP contribution is -2.43. The Bertz CT molecular complexity index is 1090. The summed E-state index contributed by atoms with van der Waals surface area (Å²) in [4.78, 5) is 25.6. The molecular formula is C21H19F2N5O2. The number of hydrogen-bond donors (Lipinski definition) is 1. The van der Waals surface area contributed by atoms with Crippen molar-refractivity contribution in [3.05, 3.63) is 47.3 Å². The number of likely N-dealkylation sites (tertiary alicyclic amines) is 1. The zero-order valence-corrected chi connectivity index (χ0v) is 16.4. The minimum Gasteiger partial charge on any atom is -0.346 e. The van der Waals surface area contributed by atoms with Crippen molar-refractivity contribution in [3.63, 3.8) is 0 Å². The normalized spacial score (nSPS) is 17.3. The third-order valence-corrected chi connectivity index (χ3v) is 5.04. The number of nitrogens with zero attached hydrogens (tertiary/aromatic N) is 4. The predicted octanol–water partition coefficient (Wildman–Crippen LogP) is 2.36. The lowest BCUT2D eigenvalue weighted by Gasteiger charge is -2.19. The molecule has 3 rings (SSSR count). The van der Waals surface area contributed by atoms with Crippen LogP contribution < -0.4 is 5.32 Å². The number of carbonyl (C=O) groups is 2. The standard InChI is InChI=1S/C21H19F2N5O2/c1-13-5-14(8-24)3-4-17(13)15-6-18(27(2)11-15)20(30)26-10-19(29)28-12-21(22,23)7-16(28)9-25/h3-6,11,16H,7,10,12H2,1-2H3,(H,26,30)/t16-/m0/s1. The summed E-state index contributed by atoms with van der Waals surface area (Å²) in [5.41, 5.74) is 3.31. The third kappa shape index (κ3) is 4.15. The van der Waals surface area contributed by atoms with Gasteiger partial charge in [0.25, 0.3) is 11.8 Å². The smallest absolute Gasteiger partial charge is 0.268 e. The van der Waals surface area contributed by atoms with Crippen LogP contribution in [0.5, 0.6) is 0 Å². The summed E-state index contributed by atoms with van der Waals surface area (Å²) in [5.74, 6) is -4.38. The first kappa shape index (κ1) is 21.0. The SMILES string of the molecule is Cc1cc(C#N)ccc1-c1cc(C(=O)NCC(=O)N2CC(F)(F)C[C@H]2C#N)n(C)c1. The molecule has 0 radical (unpaired) electrons. The molecule has 9 heteroatoms. The summed E-state index contributed by atoms with van der Waals surface area (Å²) in [6.45, 7) is 0.550. The molecule has 0 spiro atoms. The van der Waals surface area contributed by atoms with E-state index in [0.717, 1.165) is 21.6 Å². The van der Waals surface area contributed by atoms with Gasteiger partial charge in [-0.2, -0.15) is 10.5 Å². The summed E-state index contributed by atoms with van der Waals surface area (Å²) >= 11 is 0. The molecule has 1 fully saturated rings. The molecule has 0 unspecified atom stereocenters. The highest BCUT2D eigenvalue weighted by molar-refractivity contribution is 5.96. The van der Waals surface area contributed by atoms with Gasteiger partial charge < -0.3 is 14.8 Å². The van der Waals surface area contributed by atoms with E-state index in [1.54, 1.807) is 48.1 Å². The second-order valence-corrected chi connectivity index (χ2v) is 7.28. The van der Waals surface area contributed by atoms with Crippen molar-refractivity contribution in [2.45, 2.75) is 25.3 Å². The lowest BCUT2D eigenvalue weighted by molar-refractivity contribution is -0.131. The number of hydrogen-bond acceptors (Lipinski definition) is 4. The van der Waals surface area contributed by atoms with E-state index in [1.807, 2.05) is 6.92 Å². The molecule has 1 N–H and O–H groups in total. The van der Waals surface area contributed by atoms with Crippen LogP contribution in [0.15, 0.2) is 30.5 Å². The zero-order valence-electron chi connectivity index (χ0n) is 16.4. The molecule has 2 aromatic rings. The second kappa shape index (κ2) is 7.96. The first-order valence-electron chi connectivity index (χ1n) is 9.18. The first-order valence-corrected chi connectivity index (χ1v) is 9.18. The van der Waals surface area contributed by atoms with Gasteiger partial charge in [0.2, 0.25) is 5.91 Å². The molecule has 0 saturated carbocycles.